The molecule has 0 amide bonds. The summed E-state index contributed by atoms with van der Waals surface area (Å²) in [6, 6.07) is 0. The molecule has 0 saturated carbocycles. The topological polar surface area (TPSA) is 56.0 Å². The van der Waals surface area contributed by atoms with Crippen LogP contribution in [0, 0.1) is 24.0 Å². The summed E-state index contributed by atoms with van der Waals surface area (Å²) in [5.74, 6) is 0. The third-order valence-corrected chi connectivity index (χ3v) is 2.85. The molecular formula is C9H12N2O2S. The van der Waals surface area contributed by atoms with Crippen LogP contribution in [0.15, 0.2) is 5.70 Å². The first-order valence-corrected chi connectivity index (χ1v) is 5.15. The highest BCUT2D eigenvalue weighted by atomic mass is 32.1. The Labute approximate surface area is 86.4 Å². The van der Waals surface area contributed by atoms with E-state index in [2.05, 4.69) is 4.98 Å². The zero-order chi connectivity index (χ0) is 10.7. The standard InChI is InChI=1S/C9H12N2O2S/c1-4-8(11(12)13)5-9-6(2)10-7(3)14-9/h5H,4H2,1-3H3. The van der Waals surface area contributed by atoms with Crippen molar-refractivity contribution in [2.75, 3.05) is 0 Å². The minimum atomic E-state index is -0.339. The molecule has 0 fully saturated rings. The molecule has 4 nitrogen and oxygen atoms in total. The molecule has 1 aromatic rings. The van der Waals surface area contributed by atoms with Crippen LogP contribution in [0.4, 0.5) is 0 Å². The molecular weight excluding hydrogens is 200 g/mol. The minimum absolute atomic E-state index is 0.233. The van der Waals surface area contributed by atoms with Crippen molar-refractivity contribution in [3.05, 3.63) is 31.4 Å². The van der Waals surface area contributed by atoms with Crippen molar-refractivity contribution in [3.63, 3.8) is 0 Å². The second-order valence-electron chi connectivity index (χ2n) is 2.93. The lowest BCUT2D eigenvalue weighted by molar-refractivity contribution is -0.425. The van der Waals surface area contributed by atoms with Crippen molar-refractivity contribution < 1.29 is 4.92 Å². The third-order valence-electron chi connectivity index (χ3n) is 1.83. The predicted molar refractivity (Wildman–Crippen MR) is 56.9 cm³/mol. The summed E-state index contributed by atoms with van der Waals surface area (Å²) in [7, 11) is 0. The molecule has 0 spiro atoms. The molecule has 76 valence electrons. The molecule has 0 radical (unpaired) electrons. The van der Waals surface area contributed by atoms with Gasteiger partial charge in [0.25, 0.3) is 0 Å². The molecule has 14 heavy (non-hydrogen) atoms. The summed E-state index contributed by atoms with van der Waals surface area (Å²) in [6.07, 6.45) is 2.05. The maximum absolute atomic E-state index is 10.6. The number of nitro groups is 1. The lowest BCUT2D eigenvalue weighted by atomic mass is 10.3. The molecule has 0 saturated heterocycles. The highest BCUT2D eigenvalue weighted by molar-refractivity contribution is 7.12. The normalized spacial score (nSPS) is 11.8. The molecule has 0 unspecified atom stereocenters. The SMILES string of the molecule is CCC(=Cc1sc(C)nc1C)[N+](=O)[O-]. The van der Waals surface area contributed by atoms with E-state index in [9.17, 15) is 10.1 Å². The van der Waals surface area contributed by atoms with Crippen molar-refractivity contribution in [1.82, 2.24) is 4.98 Å². The van der Waals surface area contributed by atoms with Gasteiger partial charge in [0.05, 0.1) is 20.5 Å². The van der Waals surface area contributed by atoms with E-state index in [0.29, 0.717) is 6.42 Å². The Balaban J connectivity index is 3.06. The number of rotatable bonds is 3. The van der Waals surface area contributed by atoms with Crippen LogP contribution in [0.2, 0.25) is 0 Å². The third kappa shape index (κ3) is 2.38. The van der Waals surface area contributed by atoms with Crippen molar-refractivity contribution in [3.8, 4) is 0 Å². The maximum atomic E-state index is 10.6. The molecule has 0 aliphatic carbocycles. The monoisotopic (exact) mass is 212 g/mol. The van der Waals surface area contributed by atoms with Crippen molar-refractivity contribution in [1.29, 1.82) is 0 Å². The first kappa shape index (κ1) is 10.8. The van der Waals surface area contributed by atoms with Crippen LogP contribution >= 0.6 is 11.3 Å². The summed E-state index contributed by atoms with van der Waals surface area (Å²) in [5, 5.41) is 11.5. The Kier molecular flexibility index (Phi) is 3.35. The highest BCUT2D eigenvalue weighted by Gasteiger charge is 2.10. The summed E-state index contributed by atoms with van der Waals surface area (Å²) < 4.78 is 0. The second kappa shape index (κ2) is 4.32. The van der Waals surface area contributed by atoms with Gasteiger partial charge in [0, 0.05) is 12.5 Å². The Morgan fingerprint density at radius 1 is 1.64 bits per heavy atom. The van der Waals surface area contributed by atoms with E-state index in [1.54, 1.807) is 13.0 Å². The largest absolute Gasteiger partial charge is 0.259 e. The molecule has 1 rings (SSSR count). The van der Waals surface area contributed by atoms with Crippen LogP contribution in [0.1, 0.15) is 28.9 Å². The molecule has 0 atom stereocenters. The molecule has 1 heterocycles. The van der Waals surface area contributed by atoms with Gasteiger partial charge in [-0.2, -0.15) is 0 Å². The number of thiazole rings is 1. The first-order chi connectivity index (χ1) is 6.54. The van der Waals surface area contributed by atoms with E-state index in [-0.39, 0.29) is 10.6 Å². The smallest absolute Gasteiger partial charge is 0.247 e. The molecule has 1 aromatic heterocycles. The van der Waals surface area contributed by atoms with Gasteiger partial charge in [0.1, 0.15) is 0 Å². The van der Waals surface area contributed by atoms with Crippen molar-refractivity contribution >= 4 is 17.4 Å². The number of hydrogen-bond donors (Lipinski definition) is 0. The maximum Gasteiger partial charge on any atom is 0.247 e. The summed E-state index contributed by atoms with van der Waals surface area (Å²) in [6.45, 7) is 5.53. The van der Waals surface area contributed by atoms with Gasteiger partial charge in [-0.25, -0.2) is 4.98 Å². The fourth-order valence-electron chi connectivity index (χ4n) is 1.12. The summed E-state index contributed by atoms with van der Waals surface area (Å²) in [5.41, 5.74) is 1.09. The van der Waals surface area contributed by atoms with Crippen LogP contribution in [-0.2, 0) is 0 Å². The number of aromatic nitrogens is 1. The van der Waals surface area contributed by atoms with E-state index in [1.165, 1.54) is 11.3 Å². The van der Waals surface area contributed by atoms with Crippen molar-refractivity contribution in [2.45, 2.75) is 27.2 Å². The van der Waals surface area contributed by atoms with E-state index in [0.717, 1.165) is 15.6 Å². The van der Waals surface area contributed by atoms with E-state index in [4.69, 9.17) is 0 Å². The van der Waals surface area contributed by atoms with Crippen molar-refractivity contribution in [2.24, 2.45) is 0 Å². The van der Waals surface area contributed by atoms with Gasteiger partial charge in [-0.1, -0.05) is 6.92 Å². The predicted octanol–water partition coefficient (Wildman–Crippen LogP) is 2.79. The van der Waals surface area contributed by atoms with Gasteiger partial charge in [-0.15, -0.1) is 11.3 Å². The zero-order valence-electron chi connectivity index (χ0n) is 8.40. The fourth-order valence-corrected chi connectivity index (χ4v) is 2.01. The highest BCUT2D eigenvalue weighted by Crippen LogP contribution is 2.21. The Morgan fingerprint density at radius 3 is 2.64 bits per heavy atom. The van der Waals surface area contributed by atoms with E-state index in [1.807, 2.05) is 13.8 Å². The average Bonchev–Trinajstić information content (AvgIpc) is 2.40. The Morgan fingerprint density at radius 2 is 2.29 bits per heavy atom. The molecule has 0 bridgehead atoms. The van der Waals surface area contributed by atoms with Gasteiger partial charge in [-0.3, -0.25) is 10.1 Å². The molecule has 0 aliphatic heterocycles. The minimum Gasteiger partial charge on any atom is -0.259 e. The number of hydrogen-bond acceptors (Lipinski definition) is 4. The van der Waals surface area contributed by atoms with Crippen LogP contribution in [-0.4, -0.2) is 9.91 Å². The first-order valence-electron chi connectivity index (χ1n) is 4.33. The second-order valence-corrected chi connectivity index (χ2v) is 4.16. The number of allylic oxidation sites excluding steroid dienone is 1. The lowest BCUT2D eigenvalue weighted by Gasteiger charge is -1.92. The van der Waals surface area contributed by atoms with Gasteiger partial charge in [0.2, 0.25) is 5.70 Å². The summed E-state index contributed by atoms with van der Waals surface area (Å²) in [4.78, 5) is 15.3. The van der Waals surface area contributed by atoms with E-state index < -0.39 is 0 Å². The van der Waals surface area contributed by atoms with Gasteiger partial charge in [0.15, 0.2) is 0 Å². The number of aryl methyl sites for hydroxylation is 2. The molecule has 5 heteroatoms. The molecule has 0 N–H and O–H groups in total. The van der Waals surface area contributed by atoms with Crippen LogP contribution in [0.5, 0.6) is 0 Å². The van der Waals surface area contributed by atoms with Crippen LogP contribution in [0.25, 0.3) is 6.08 Å². The fraction of sp³-hybridized carbons (Fsp3) is 0.444. The lowest BCUT2D eigenvalue weighted by Crippen LogP contribution is -1.96. The number of nitrogens with zero attached hydrogens (tertiary/aromatic N) is 2. The van der Waals surface area contributed by atoms with E-state index >= 15 is 0 Å². The van der Waals surface area contributed by atoms with Crippen LogP contribution < -0.4 is 0 Å². The van der Waals surface area contributed by atoms with Gasteiger partial charge >= 0.3 is 0 Å². The van der Waals surface area contributed by atoms with Crippen LogP contribution in [0.3, 0.4) is 0 Å². The molecule has 0 aromatic carbocycles. The summed E-state index contributed by atoms with van der Waals surface area (Å²) >= 11 is 1.48. The Bertz CT molecular complexity index is 382. The Hall–Kier alpha value is -1.23. The molecule has 0 aliphatic rings. The van der Waals surface area contributed by atoms with Gasteiger partial charge < -0.3 is 0 Å². The average molecular weight is 212 g/mol. The zero-order valence-corrected chi connectivity index (χ0v) is 9.22. The van der Waals surface area contributed by atoms with Gasteiger partial charge in [-0.05, 0) is 13.8 Å². The quantitative estimate of drug-likeness (QED) is 0.571.